The number of nitrogens with zero attached hydrogens (tertiary/aromatic N) is 1. The van der Waals surface area contributed by atoms with E-state index in [1.807, 2.05) is 0 Å². The van der Waals surface area contributed by atoms with Gasteiger partial charge in [-0.25, -0.2) is 4.57 Å². The molecule has 0 spiro atoms. The smallest absolute Gasteiger partial charge is 0.469 e. The van der Waals surface area contributed by atoms with Crippen LogP contribution < -0.4 is 0 Å². The topological polar surface area (TPSA) is 120 Å². The first-order valence-corrected chi connectivity index (χ1v) is 5.42. The van der Waals surface area contributed by atoms with Crippen LogP contribution in [0.15, 0.2) is 12.4 Å². The van der Waals surface area contributed by atoms with E-state index in [9.17, 15) is 9.67 Å². The molecule has 4 N–H and O–H groups in total. The van der Waals surface area contributed by atoms with E-state index < -0.39 is 21.0 Å². The minimum absolute atomic E-state index is 0.137. The molecule has 1 aromatic rings. The van der Waals surface area contributed by atoms with Crippen molar-refractivity contribution in [2.75, 3.05) is 0 Å². The Hall–Kier alpha value is -0.980. The summed E-state index contributed by atoms with van der Waals surface area (Å²) in [5, 5.41) is 18.1. The Morgan fingerprint density at radius 2 is 2.07 bits per heavy atom. The average Bonchev–Trinajstić information content (AvgIpc) is 2.13. The van der Waals surface area contributed by atoms with Gasteiger partial charge in [0.15, 0.2) is 0 Å². The van der Waals surface area contributed by atoms with Gasteiger partial charge in [0.05, 0.1) is 19.4 Å². The van der Waals surface area contributed by atoms with Crippen molar-refractivity contribution >= 4 is 7.82 Å². The number of aromatic nitrogens is 1. The van der Waals surface area contributed by atoms with Gasteiger partial charge in [-0.3, -0.25) is 9.51 Å². The molecule has 15 heavy (non-hydrogen) atoms. The summed E-state index contributed by atoms with van der Waals surface area (Å²) in [6, 6.07) is 0. The SMILES string of the molecule is O=P(O)(O)OCc1cncc(O)c1CO. The lowest BCUT2D eigenvalue weighted by Gasteiger charge is -2.09. The number of hydrogen-bond acceptors (Lipinski definition) is 5. The van der Waals surface area contributed by atoms with E-state index in [4.69, 9.17) is 14.9 Å². The highest BCUT2D eigenvalue weighted by atomic mass is 31.2. The lowest BCUT2D eigenvalue weighted by atomic mass is 10.1. The number of phosphoric acid groups is 1. The van der Waals surface area contributed by atoms with Crippen LogP contribution in [-0.4, -0.2) is 25.0 Å². The molecule has 0 bridgehead atoms. The van der Waals surface area contributed by atoms with Crippen molar-refractivity contribution in [1.82, 2.24) is 4.98 Å². The van der Waals surface area contributed by atoms with E-state index in [1.54, 1.807) is 0 Å². The third-order valence-corrected chi connectivity index (χ3v) is 2.14. The number of phosphoric ester groups is 1. The third-order valence-electron chi connectivity index (χ3n) is 1.67. The van der Waals surface area contributed by atoms with Crippen molar-refractivity contribution in [1.29, 1.82) is 0 Å². The van der Waals surface area contributed by atoms with Gasteiger partial charge in [0.2, 0.25) is 0 Å². The molecule has 0 atom stereocenters. The Labute approximate surface area is 85.2 Å². The molecular formula is C7H10NO6P. The first-order valence-electron chi connectivity index (χ1n) is 3.89. The molecule has 0 aliphatic rings. The maximum atomic E-state index is 10.4. The van der Waals surface area contributed by atoms with Crippen molar-refractivity contribution in [3.8, 4) is 5.75 Å². The van der Waals surface area contributed by atoms with Crippen LogP contribution in [0, 0.1) is 0 Å². The zero-order valence-electron chi connectivity index (χ0n) is 7.57. The van der Waals surface area contributed by atoms with E-state index in [0.717, 1.165) is 6.20 Å². The van der Waals surface area contributed by atoms with Crippen molar-refractivity contribution < 1.29 is 29.1 Å². The highest BCUT2D eigenvalue weighted by Crippen LogP contribution is 2.37. The number of aliphatic hydroxyl groups is 1. The van der Waals surface area contributed by atoms with Gasteiger partial charge in [0.1, 0.15) is 5.75 Å². The normalized spacial score (nSPS) is 11.7. The predicted octanol–water partition coefficient (Wildman–Crippen LogP) is -0.111. The first-order chi connectivity index (χ1) is 6.94. The number of pyridine rings is 1. The molecule has 0 radical (unpaired) electrons. The quantitative estimate of drug-likeness (QED) is 0.537. The van der Waals surface area contributed by atoms with Crippen molar-refractivity contribution in [2.24, 2.45) is 0 Å². The van der Waals surface area contributed by atoms with Crippen LogP contribution in [0.4, 0.5) is 0 Å². The van der Waals surface area contributed by atoms with Crippen molar-refractivity contribution in [3.05, 3.63) is 23.5 Å². The average molecular weight is 235 g/mol. The maximum absolute atomic E-state index is 10.4. The first kappa shape index (κ1) is 12.1. The van der Waals surface area contributed by atoms with E-state index in [0.29, 0.717) is 0 Å². The highest BCUT2D eigenvalue weighted by molar-refractivity contribution is 7.46. The Morgan fingerprint density at radius 3 is 2.60 bits per heavy atom. The molecule has 0 amide bonds. The van der Waals surface area contributed by atoms with Crippen LogP contribution in [0.2, 0.25) is 0 Å². The van der Waals surface area contributed by atoms with Crippen LogP contribution in [0.3, 0.4) is 0 Å². The van der Waals surface area contributed by atoms with Gasteiger partial charge in [0.25, 0.3) is 0 Å². The number of aliphatic hydroxyl groups excluding tert-OH is 1. The van der Waals surface area contributed by atoms with Gasteiger partial charge in [-0.05, 0) is 0 Å². The largest absolute Gasteiger partial charge is 0.506 e. The summed E-state index contributed by atoms with van der Waals surface area (Å²) in [7, 11) is -4.57. The minimum atomic E-state index is -4.57. The molecule has 1 rings (SSSR count). The molecule has 0 fully saturated rings. The molecule has 0 aliphatic heterocycles. The van der Waals surface area contributed by atoms with E-state index in [2.05, 4.69) is 9.51 Å². The second-order valence-electron chi connectivity index (χ2n) is 2.72. The van der Waals surface area contributed by atoms with Crippen molar-refractivity contribution in [2.45, 2.75) is 13.2 Å². The second-order valence-corrected chi connectivity index (χ2v) is 3.96. The molecule has 7 nitrogen and oxygen atoms in total. The summed E-state index contributed by atoms with van der Waals surface area (Å²) < 4.78 is 14.6. The van der Waals surface area contributed by atoms with Gasteiger partial charge >= 0.3 is 7.82 Å². The fourth-order valence-electron chi connectivity index (χ4n) is 0.979. The fraction of sp³-hybridized carbons (Fsp3) is 0.286. The summed E-state index contributed by atoms with van der Waals surface area (Å²) in [4.78, 5) is 20.5. The van der Waals surface area contributed by atoms with E-state index >= 15 is 0 Å². The molecule has 0 aromatic carbocycles. The fourth-order valence-corrected chi connectivity index (χ4v) is 1.29. The Morgan fingerprint density at radius 1 is 1.40 bits per heavy atom. The predicted molar refractivity (Wildman–Crippen MR) is 48.7 cm³/mol. The van der Waals surface area contributed by atoms with Gasteiger partial charge < -0.3 is 20.0 Å². The standard InChI is InChI=1S/C7H10NO6P/c9-3-6-5(1-8-2-7(6)10)4-14-15(11,12)13/h1-2,9-10H,3-4H2,(H2,11,12,13). The van der Waals surface area contributed by atoms with Crippen molar-refractivity contribution in [3.63, 3.8) is 0 Å². The molecule has 0 aliphatic carbocycles. The maximum Gasteiger partial charge on any atom is 0.469 e. The summed E-state index contributed by atoms with van der Waals surface area (Å²) in [5.74, 6) is -0.246. The molecule has 8 heteroatoms. The van der Waals surface area contributed by atoms with Crippen LogP contribution in [0.25, 0.3) is 0 Å². The van der Waals surface area contributed by atoms with E-state index in [-0.39, 0.29) is 16.9 Å². The van der Waals surface area contributed by atoms with Crippen LogP contribution in [0.1, 0.15) is 11.1 Å². The van der Waals surface area contributed by atoms with Crippen LogP contribution >= 0.6 is 7.82 Å². The Bertz CT molecular complexity index is 389. The molecule has 0 saturated carbocycles. The number of hydrogen-bond donors (Lipinski definition) is 4. The zero-order valence-corrected chi connectivity index (χ0v) is 8.46. The minimum Gasteiger partial charge on any atom is -0.506 e. The van der Waals surface area contributed by atoms with Gasteiger partial charge in [0, 0.05) is 17.3 Å². The van der Waals surface area contributed by atoms with Gasteiger partial charge in [-0.1, -0.05) is 0 Å². The summed E-state index contributed by atoms with van der Waals surface area (Å²) >= 11 is 0. The Kier molecular flexibility index (Phi) is 3.78. The molecule has 84 valence electrons. The number of rotatable bonds is 4. The van der Waals surface area contributed by atoms with Crippen LogP contribution in [-0.2, 0) is 22.3 Å². The molecule has 1 heterocycles. The molecule has 0 saturated heterocycles. The van der Waals surface area contributed by atoms with Gasteiger partial charge in [-0.2, -0.15) is 0 Å². The third kappa shape index (κ3) is 3.58. The second kappa shape index (κ2) is 4.69. The monoisotopic (exact) mass is 235 g/mol. The van der Waals surface area contributed by atoms with Crippen LogP contribution in [0.5, 0.6) is 5.75 Å². The lowest BCUT2D eigenvalue weighted by Crippen LogP contribution is -1.98. The van der Waals surface area contributed by atoms with Gasteiger partial charge in [-0.15, -0.1) is 0 Å². The zero-order chi connectivity index (χ0) is 11.5. The molecule has 1 aromatic heterocycles. The van der Waals surface area contributed by atoms with E-state index in [1.165, 1.54) is 6.20 Å². The lowest BCUT2D eigenvalue weighted by molar-refractivity contribution is 0.186. The molecular weight excluding hydrogens is 225 g/mol. The Balaban J connectivity index is 2.85. The summed E-state index contributed by atoms with van der Waals surface area (Å²) in [5.41, 5.74) is 0.360. The molecule has 0 unspecified atom stereocenters. The number of aromatic hydroxyl groups is 1. The summed E-state index contributed by atoms with van der Waals surface area (Å²) in [6.07, 6.45) is 2.37. The summed E-state index contributed by atoms with van der Waals surface area (Å²) in [6.45, 7) is -0.893. The highest BCUT2D eigenvalue weighted by Gasteiger charge is 2.16.